The van der Waals surface area contributed by atoms with Gasteiger partial charge >= 0.3 is 0 Å². The van der Waals surface area contributed by atoms with E-state index >= 15 is 0 Å². The van der Waals surface area contributed by atoms with Crippen molar-refractivity contribution < 1.29 is 14.1 Å². The van der Waals surface area contributed by atoms with Crippen molar-refractivity contribution in [2.75, 3.05) is 7.11 Å². The first kappa shape index (κ1) is 17.2. The number of tetrazole rings is 1. The zero-order chi connectivity index (χ0) is 18.6. The zero-order valence-electron chi connectivity index (χ0n) is 15.0. The van der Waals surface area contributed by atoms with Gasteiger partial charge < -0.3 is 14.6 Å². The van der Waals surface area contributed by atoms with Crippen LogP contribution < -0.4 is 10.1 Å². The molecule has 27 heavy (non-hydrogen) atoms. The van der Waals surface area contributed by atoms with Crippen molar-refractivity contribution in [2.24, 2.45) is 0 Å². The van der Waals surface area contributed by atoms with Crippen molar-refractivity contribution in [1.82, 2.24) is 30.7 Å². The number of hydrogen-bond acceptors (Lipinski definition) is 7. The number of rotatable bonds is 5. The van der Waals surface area contributed by atoms with Gasteiger partial charge in [0.15, 0.2) is 11.6 Å². The molecule has 1 aliphatic heterocycles. The molecule has 0 radical (unpaired) electrons. The van der Waals surface area contributed by atoms with Crippen LogP contribution in [0.5, 0.6) is 5.75 Å². The highest BCUT2D eigenvalue weighted by molar-refractivity contribution is 5.82. The number of nitrogens with one attached hydrogen (secondary N) is 1. The molecule has 0 saturated heterocycles. The number of carbonyl (C=O) groups is 1. The van der Waals surface area contributed by atoms with E-state index < -0.39 is 0 Å². The van der Waals surface area contributed by atoms with Gasteiger partial charge in [0.2, 0.25) is 5.91 Å². The Bertz CT molecular complexity index is 935. The normalized spacial score (nSPS) is 16.4. The summed E-state index contributed by atoms with van der Waals surface area (Å²) in [7, 11) is 1.62. The highest BCUT2D eigenvalue weighted by Gasteiger charge is 2.28. The molecule has 0 unspecified atom stereocenters. The highest BCUT2D eigenvalue weighted by Crippen LogP contribution is 2.26. The largest absolute Gasteiger partial charge is 0.497 e. The molecule has 0 spiro atoms. The summed E-state index contributed by atoms with van der Waals surface area (Å²) in [5.74, 6) is 1.55. The quantitative estimate of drug-likeness (QED) is 0.733. The molecule has 0 fully saturated rings. The van der Waals surface area contributed by atoms with E-state index in [0.717, 1.165) is 37.1 Å². The topological polar surface area (TPSA) is 108 Å². The van der Waals surface area contributed by atoms with Gasteiger partial charge in [0, 0.05) is 18.2 Å². The predicted octanol–water partition coefficient (Wildman–Crippen LogP) is 1.92. The van der Waals surface area contributed by atoms with Crippen LogP contribution in [-0.4, -0.2) is 38.4 Å². The van der Waals surface area contributed by atoms with Crippen molar-refractivity contribution in [2.45, 2.75) is 38.3 Å². The second kappa shape index (κ2) is 7.56. The van der Waals surface area contributed by atoms with Gasteiger partial charge in [0.1, 0.15) is 11.4 Å². The number of benzene rings is 1. The molecular formula is C18H20N6O3. The third kappa shape index (κ3) is 3.67. The number of aryl methyl sites for hydroxylation is 1. The molecule has 0 bridgehead atoms. The van der Waals surface area contributed by atoms with E-state index in [1.54, 1.807) is 11.8 Å². The number of fused-ring (bicyclic) bond motifs is 1. The minimum Gasteiger partial charge on any atom is -0.497 e. The first-order valence-corrected chi connectivity index (χ1v) is 8.88. The fourth-order valence-corrected chi connectivity index (χ4v) is 3.22. The Morgan fingerprint density at radius 1 is 1.37 bits per heavy atom. The summed E-state index contributed by atoms with van der Waals surface area (Å²) in [6.45, 7) is 1.03. The molecule has 1 amide bonds. The van der Waals surface area contributed by atoms with Crippen LogP contribution in [0.2, 0.25) is 0 Å². The lowest BCUT2D eigenvalue weighted by Crippen LogP contribution is -2.30. The summed E-state index contributed by atoms with van der Waals surface area (Å²) in [6.07, 6.45) is 2.65. The maximum atomic E-state index is 12.7. The van der Waals surface area contributed by atoms with Gasteiger partial charge in [0.05, 0.1) is 19.6 Å². The number of aromatic nitrogens is 5. The minimum absolute atomic E-state index is 0.0983. The molecule has 3 heterocycles. The molecule has 1 aliphatic rings. The zero-order valence-corrected chi connectivity index (χ0v) is 15.0. The maximum absolute atomic E-state index is 12.7. The smallest absolute Gasteiger partial charge is 0.231 e. The molecule has 2 aromatic heterocycles. The van der Waals surface area contributed by atoms with Gasteiger partial charge in [-0.05, 0) is 35.4 Å². The third-order valence-electron chi connectivity index (χ3n) is 4.66. The lowest BCUT2D eigenvalue weighted by Gasteiger charge is -2.12. The summed E-state index contributed by atoms with van der Waals surface area (Å²) >= 11 is 0. The minimum atomic E-state index is -0.341. The number of hydrogen-bond donors (Lipinski definition) is 1. The van der Waals surface area contributed by atoms with Crippen LogP contribution in [0.3, 0.4) is 0 Å². The Morgan fingerprint density at radius 3 is 3.19 bits per heavy atom. The highest BCUT2D eigenvalue weighted by atomic mass is 16.5. The van der Waals surface area contributed by atoms with E-state index in [1.165, 1.54) is 0 Å². The molecule has 0 aliphatic carbocycles. The van der Waals surface area contributed by atoms with Gasteiger partial charge in [-0.1, -0.05) is 23.7 Å². The van der Waals surface area contributed by atoms with Crippen LogP contribution in [0.1, 0.15) is 36.7 Å². The van der Waals surface area contributed by atoms with E-state index in [-0.39, 0.29) is 18.4 Å². The molecule has 9 nitrogen and oxygen atoms in total. The molecular weight excluding hydrogens is 348 g/mol. The molecule has 1 atom stereocenters. The summed E-state index contributed by atoms with van der Waals surface area (Å²) in [4.78, 5) is 12.7. The second-order valence-electron chi connectivity index (χ2n) is 6.44. The average molecular weight is 368 g/mol. The molecule has 9 heteroatoms. The Kier molecular flexibility index (Phi) is 4.82. The lowest BCUT2D eigenvalue weighted by atomic mass is 10.0. The van der Waals surface area contributed by atoms with Crippen LogP contribution in [0.15, 0.2) is 34.9 Å². The van der Waals surface area contributed by atoms with Crippen molar-refractivity contribution in [1.29, 1.82) is 0 Å². The van der Waals surface area contributed by atoms with Gasteiger partial charge in [-0.3, -0.25) is 4.79 Å². The van der Waals surface area contributed by atoms with Crippen LogP contribution in [0.25, 0.3) is 11.3 Å². The van der Waals surface area contributed by atoms with Crippen molar-refractivity contribution in [3.8, 4) is 17.1 Å². The maximum Gasteiger partial charge on any atom is 0.231 e. The molecule has 1 aromatic carbocycles. The third-order valence-corrected chi connectivity index (χ3v) is 4.66. The number of nitrogens with zero attached hydrogens (tertiary/aromatic N) is 5. The lowest BCUT2D eigenvalue weighted by molar-refractivity contribution is -0.123. The number of methoxy groups -OCH3 is 1. The van der Waals surface area contributed by atoms with Crippen LogP contribution in [-0.2, 0) is 17.9 Å². The van der Waals surface area contributed by atoms with E-state index in [4.69, 9.17) is 9.26 Å². The second-order valence-corrected chi connectivity index (χ2v) is 6.44. The Balaban J connectivity index is 1.42. The molecule has 140 valence electrons. The van der Waals surface area contributed by atoms with Crippen molar-refractivity contribution in [3.63, 3.8) is 0 Å². The standard InChI is InChI=1S/C18H20N6O3/c1-26-14-6-4-5-12(9-14)16-10-13(21-27-16)11-19-18(25)15-7-2-3-8-24-17(15)20-22-23-24/h4-6,9-10,15H,2-3,7-8,11H2,1H3,(H,19,25)/t15-/m1/s1. The van der Waals surface area contributed by atoms with Crippen molar-refractivity contribution >= 4 is 5.91 Å². The van der Waals surface area contributed by atoms with E-state index in [9.17, 15) is 4.79 Å². The Hall–Kier alpha value is -3.23. The number of ether oxygens (including phenoxy) is 1. The Morgan fingerprint density at radius 2 is 2.30 bits per heavy atom. The molecule has 3 aromatic rings. The fraction of sp³-hybridized carbons (Fsp3) is 0.389. The van der Waals surface area contributed by atoms with Crippen molar-refractivity contribution in [3.05, 3.63) is 41.9 Å². The van der Waals surface area contributed by atoms with Gasteiger partial charge in [-0.2, -0.15) is 0 Å². The summed E-state index contributed by atoms with van der Waals surface area (Å²) in [6, 6.07) is 9.34. The fourth-order valence-electron chi connectivity index (χ4n) is 3.22. The van der Waals surface area contributed by atoms with E-state index in [1.807, 2.05) is 30.3 Å². The molecule has 0 saturated carbocycles. The monoisotopic (exact) mass is 368 g/mol. The number of carbonyl (C=O) groups excluding carboxylic acids is 1. The molecule has 4 rings (SSSR count). The first-order valence-electron chi connectivity index (χ1n) is 8.88. The number of amides is 1. The first-order chi connectivity index (χ1) is 13.2. The van der Waals surface area contributed by atoms with Gasteiger partial charge in [-0.25, -0.2) is 4.68 Å². The van der Waals surface area contributed by atoms with Gasteiger partial charge in [-0.15, -0.1) is 5.10 Å². The van der Waals surface area contributed by atoms with Gasteiger partial charge in [0.25, 0.3) is 0 Å². The molecule has 1 N–H and O–H groups in total. The van der Waals surface area contributed by atoms with E-state index in [2.05, 4.69) is 26.0 Å². The summed E-state index contributed by atoms with van der Waals surface area (Å²) in [5, 5.41) is 18.6. The Labute approximate surface area is 155 Å². The van der Waals surface area contributed by atoms with Crippen LogP contribution in [0, 0.1) is 0 Å². The SMILES string of the molecule is COc1cccc(-c2cc(CNC(=O)[C@@H]3CCCCn4nnnc43)no2)c1. The van der Waals surface area contributed by atoms with Crippen LogP contribution >= 0.6 is 0 Å². The predicted molar refractivity (Wildman–Crippen MR) is 94.7 cm³/mol. The average Bonchev–Trinajstić information content (AvgIpc) is 3.32. The van der Waals surface area contributed by atoms with E-state index in [0.29, 0.717) is 17.3 Å². The van der Waals surface area contributed by atoms with Crippen LogP contribution in [0.4, 0.5) is 0 Å². The summed E-state index contributed by atoms with van der Waals surface area (Å²) in [5.41, 5.74) is 1.51. The summed E-state index contributed by atoms with van der Waals surface area (Å²) < 4.78 is 12.3.